The minimum absolute atomic E-state index is 0.783. The van der Waals surface area contributed by atoms with Crippen molar-refractivity contribution in [2.24, 2.45) is 11.8 Å². The molecule has 0 heterocycles. The van der Waals surface area contributed by atoms with E-state index in [9.17, 15) is 0 Å². The molecule has 0 amide bonds. The third-order valence-corrected chi connectivity index (χ3v) is 4.62. The van der Waals surface area contributed by atoms with Gasteiger partial charge in [-0.15, -0.1) is 0 Å². The maximum Gasteiger partial charge on any atom is 0.0139 e. The molecule has 2 unspecified atom stereocenters. The lowest BCUT2D eigenvalue weighted by atomic mass is 9.77. The molecule has 0 aliphatic heterocycles. The molecular formula is C17H36N2. The van der Waals surface area contributed by atoms with Crippen molar-refractivity contribution in [3.63, 3.8) is 0 Å². The molecule has 0 saturated heterocycles. The van der Waals surface area contributed by atoms with Crippen molar-refractivity contribution in [2.75, 3.05) is 19.6 Å². The molecule has 2 nitrogen and oxygen atoms in total. The molecule has 19 heavy (non-hydrogen) atoms. The Morgan fingerprint density at radius 3 is 2.21 bits per heavy atom. The second-order valence-electron chi connectivity index (χ2n) is 6.67. The molecule has 0 aromatic heterocycles. The Kier molecular flexibility index (Phi) is 8.01. The minimum Gasteiger partial charge on any atom is -0.316 e. The summed E-state index contributed by atoms with van der Waals surface area (Å²) in [4.78, 5) is 2.84. The second-order valence-corrected chi connectivity index (χ2v) is 6.67. The molecule has 1 rings (SSSR count). The third-order valence-electron chi connectivity index (χ3n) is 4.62. The summed E-state index contributed by atoms with van der Waals surface area (Å²) >= 11 is 0. The normalized spacial score (nSPS) is 23.4. The summed E-state index contributed by atoms with van der Waals surface area (Å²) in [6, 6.07) is 1.64. The van der Waals surface area contributed by atoms with Crippen molar-refractivity contribution in [2.45, 2.75) is 78.8 Å². The summed E-state index contributed by atoms with van der Waals surface area (Å²) in [6.07, 6.45) is 6.70. The summed E-state index contributed by atoms with van der Waals surface area (Å²) in [5, 5.41) is 3.62. The van der Waals surface area contributed by atoms with Crippen molar-refractivity contribution in [1.82, 2.24) is 10.2 Å². The van der Waals surface area contributed by atoms with Gasteiger partial charge in [-0.05, 0) is 57.0 Å². The van der Waals surface area contributed by atoms with Gasteiger partial charge in [0, 0.05) is 18.6 Å². The molecule has 1 aliphatic rings. The second kappa shape index (κ2) is 8.97. The Morgan fingerprint density at radius 2 is 1.79 bits per heavy atom. The minimum atomic E-state index is 0.783. The van der Waals surface area contributed by atoms with Crippen LogP contribution in [-0.4, -0.2) is 36.6 Å². The first-order chi connectivity index (χ1) is 9.13. The molecule has 2 heteroatoms. The van der Waals surface area contributed by atoms with Crippen molar-refractivity contribution < 1.29 is 0 Å². The lowest BCUT2D eigenvalue weighted by Gasteiger charge is -2.48. The van der Waals surface area contributed by atoms with Crippen molar-refractivity contribution in [1.29, 1.82) is 0 Å². The standard InChI is InChI=1S/C17H36N2/c1-6-11-18-12-15-9-10-17(15)19(13-14(4)5)16(7-2)8-3/h14-18H,6-13H2,1-5H3. The maximum absolute atomic E-state index is 3.62. The summed E-state index contributed by atoms with van der Waals surface area (Å²) in [7, 11) is 0. The predicted octanol–water partition coefficient (Wildman–Crippen LogP) is 3.91. The number of nitrogens with one attached hydrogen (secondary N) is 1. The van der Waals surface area contributed by atoms with Gasteiger partial charge in [-0.3, -0.25) is 4.90 Å². The fourth-order valence-corrected chi connectivity index (χ4v) is 3.42. The molecule has 2 atom stereocenters. The van der Waals surface area contributed by atoms with Crippen molar-refractivity contribution in [3.05, 3.63) is 0 Å². The third kappa shape index (κ3) is 5.07. The summed E-state index contributed by atoms with van der Waals surface area (Å²) < 4.78 is 0. The van der Waals surface area contributed by atoms with E-state index in [1.807, 2.05) is 0 Å². The van der Waals surface area contributed by atoms with E-state index >= 15 is 0 Å². The Balaban J connectivity index is 2.53. The molecule has 114 valence electrons. The number of rotatable bonds is 10. The van der Waals surface area contributed by atoms with Gasteiger partial charge >= 0.3 is 0 Å². The highest BCUT2D eigenvalue weighted by atomic mass is 15.2. The zero-order chi connectivity index (χ0) is 14.3. The van der Waals surface area contributed by atoms with E-state index in [-0.39, 0.29) is 0 Å². The molecular weight excluding hydrogens is 232 g/mol. The number of hydrogen-bond donors (Lipinski definition) is 1. The number of nitrogens with zero attached hydrogens (tertiary/aromatic N) is 1. The van der Waals surface area contributed by atoms with Gasteiger partial charge < -0.3 is 5.32 Å². The van der Waals surface area contributed by atoms with Gasteiger partial charge in [0.05, 0.1) is 0 Å². The predicted molar refractivity (Wildman–Crippen MR) is 85.6 cm³/mol. The van der Waals surface area contributed by atoms with Crippen LogP contribution >= 0.6 is 0 Å². The van der Waals surface area contributed by atoms with Crippen LogP contribution in [-0.2, 0) is 0 Å². The van der Waals surface area contributed by atoms with Crippen molar-refractivity contribution >= 4 is 0 Å². The van der Waals surface area contributed by atoms with Gasteiger partial charge in [0.1, 0.15) is 0 Å². The van der Waals surface area contributed by atoms with Gasteiger partial charge in [0.15, 0.2) is 0 Å². The Morgan fingerprint density at radius 1 is 1.11 bits per heavy atom. The Labute approximate surface area is 121 Å². The van der Waals surface area contributed by atoms with Crippen LogP contribution in [0.15, 0.2) is 0 Å². The van der Waals surface area contributed by atoms with Crippen LogP contribution in [0, 0.1) is 11.8 Å². The SMILES string of the molecule is CCCNCC1CCC1N(CC(C)C)C(CC)CC. The summed E-state index contributed by atoms with van der Waals surface area (Å²) in [5.41, 5.74) is 0. The van der Waals surface area contributed by atoms with Crippen LogP contribution in [0.25, 0.3) is 0 Å². The molecule has 0 aromatic carbocycles. The zero-order valence-corrected chi connectivity index (χ0v) is 13.9. The lowest BCUT2D eigenvalue weighted by molar-refractivity contribution is 0.0154. The van der Waals surface area contributed by atoms with E-state index in [1.165, 1.54) is 51.7 Å². The van der Waals surface area contributed by atoms with Gasteiger partial charge in [-0.2, -0.15) is 0 Å². The van der Waals surface area contributed by atoms with E-state index in [2.05, 4.69) is 44.8 Å². The van der Waals surface area contributed by atoms with Gasteiger partial charge in [0.25, 0.3) is 0 Å². The van der Waals surface area contributed by atoms with E-state index in [1.54, 1.807) is 0 Å². The molecule has 1 N–H and O–H groups in total. The van der Waals surface area contributed by atoms with Crippen LogP contribution < -0.4 is 5.32 Å². The average molecular weight is 268 g/mol. The smallest absolute Gasteiger partial charge is 0.0139 e. The molecule has 0 aromatic rings. The highest BCUT2D eigenvalue weighted by molar-refractivity contribution is 4.92. The van der Waals surface area contributed by atoms with Crippen LogP contribution in [0.5, 0.6) is 0 Å². The molecule has 0 radical (unpaired) electrons. The first-order valence-electron chi connectivity index (χ1n) is 8.60. The lowest BCUT2D eigenvalue weighted by Crippen LogP contribution is -2.55. The highest BCUT2D eigenvalue weighted by Gasteiger charge is 2.37. The average Bonchev–Trinajstić information content (AvgIpc) is 2.34. The largest absolute Gasteiger partial charge is 0.316 e. The quantitative estimate of drug-likeness (QED) is 0.604. The fraction of sp³-hybridized carbons (Fsp3) is 1.00. The van der Waals surface area contributed by atoms with E-state index < -0.39 is 0 Å². The highest BCUT2D eigenvalue weighted by Crippen LogP contribution is 2.34. The molecule has 1 saturated carbocycles. The Bertz CT molecular complexity index is 223. The first kappa shape index (κ1) is 17.0. The monoisotopic (exact) mass is 268 g/mol. The summed E-state index contributed by atoms with van der Waals surface area (Å²) in [6.45, 7) is 15.4. The molecule has 1 aliphatic carbocycles. The maximum atomic E-state index is 3.62. The first-order valence-corrected chi connectivity index (χ1v) is 8.60. The van der Waals surface area contributed by atoms with Crippen molar-refractivity contribution in [3.8, 4) is 0 Å². The van der Waals surface area contributed by atoms with Gasteiger partial charge in [-0.1, -0.05) is 34.6 Å². The van der Waals surface area contributed by atoms with Gasteiger partial charge in [-0.25, -0.2) is 0 Å². The van der Waals surface area contributed by atoms with Gasteiger partial charge in [0.2, 0.25) is 0 Å². The van der Waals surface area contributed by atoms with E-state index in [4.69, 9.17) is 0 Å². The zero-order valence-electron chi connectivity index (χ0n) is 13.9. The van der Waals surface area contributed by atoms with Crippen LogP contribution in [0.4, 0.5) is 0 Å². The Hall–Kier alpha value is -0.0800. The van der Waals surface area contributed by atoms with E-state index in [0.29, 0.717) is 0 Å². The van der Waals surface area contributed by atoms with Crippen LogP contribution in [0.1, 0.15) is 66.7 Å². The summed E-state index contributed by atoms with van der Waals surface area (Å²) in [5.74, 6) is 1.68. The topological polar surface area (TPSA) is 15.3 Å². The van der Waals surface area contributed by atoms with E-state index in [0.717, 1.165) is 23.9 Å². The molecule has 0 bridgehead atoms. The molecule has 1 fully saturated rings. The fourth-order valence-electron chi connectivity index (χ4n) is 3.42. The number of hydrogen-bond acceptors (Lipinski definition) is 2. The van der Waals surface area contributed by atoms with Crippen LogP contribution in [0.3, 0.4) is 0 Å². The van der Waals surface area contributed by atoms with Crippen LogP contribution in [0.2, 0.25) is 0 Å². The molecule has 0 spiro atoms.